The van der Waals surface area contributed by atoms with E-state index in [0.717, 1.165) is 10.6 Å². The van der Waals surface area contributed by atoms with Gasteiger partial charge in [0.1, 0.15) is 4.87 Å². The van der Waals surface area contributed by atoms with Gasteiger partial charge in [-0.05, 0) is 0 Å². The van der Waals surface area contributed by atoms with Crippen molar-refractivity contribution in [3.05, 3.63) is 40.8 Å². The maximum absolute atomic E-state index is 11.9. The van der Waals surface area contributed by atoms with Crippen LogP contribution in [0.15, 0.2) is 30.3 Å². The van der Waals surface area contributed by atoms with Crippen LogP contribution in [0.3, 0.4) is 0 Å². The minimum absolute atomic E-state index is 0.309. The Labute approximate surface area is 109 Å². The molecular weight excluding hydrogens is 340 g/mol. The van der Waals surface area contributed by atoms with Crippen molar-refractivity contribution in [2.45, 2.75) is 9.28 Å². The summed E-state index contributed by atoms with van der Waals surface area (Å²) in [6.45, 7) is 0. The fourth-order valence-corrected chi connectivity index (χ4v) is 3.10. The molecule has 1 atom stereocenters. The van der Waals surface area contributed by atoms with Crippen LogP contribution in [-0.2, 0) is 4.79 Å². The number of carbonyl (C=O) groups excluding carboxylic acids is 1. The summed E-state index contributed by atoms with van der Waals surface area (Å²) < 4.78 is -1.06. The van der Waals surface area contributed by atoms with Crippen molar-refractivity contribution < 1.29 is 9.66 Å². The molecule has 0 saturated carbocycles. The summed E-state index contributed by atoms with van der Waals surface area (Å²) in [6, 6.07) is 8.57. The SMILES string of the molecule is CN1C(=O)C(Br)(Br)C(c2ccccc2)[N+]1=O. The first-order chi connectivity index (χ1) is 7.46. The van der Waals surface area contributed by atoms with Crippen LogP contribution >= 0.6 is 31.9 Å². The third-order valence-corrected chi connectivity index (χ3v) is 4.10. The summed E-state index contributed by atoms with van der Waals surface area (Å²) >= 11 is 6.55. The number of rotatable bonds is 1. The Balaban J connectivity index is 2.49. The van der Waals surface area contributed by atoms with Crippen LogP contribution in [0.4, 0.5) is 0 Å². The second-order valence-electron chi connectivity index (χ2n) is 3.57. The van der Waals surface area contributed by atoms with E-state index in [4.69, 9.17) is 0 Å². The van der Waals surface area contributed by atoms with Crippen LogP contribution in [0.2, 0.25) is 0 Å². The van der Waals surface area contributed by atoms with Gasteiger partial charge in [0, 0.05) is 5.56 Å². The van der Waals surface area contributed by atoms with E-state index in [1.807, 2.05) is 30.3 Å². The molecule has 1 heterocycles. The van der Waals surface area contributed by atoms with Gasteiger partial charge < -0.3 is 0 Å². The summed E-state index contributed by atoms with van der Waals surface area (Å²) in [5.41, 5.74) is 0.781. The van der Waals surface area contributed by atoms with Gasteiger partial charge in [0.25, 0.3) is 6.04 Å². The Morgan fingerprint density at radius 1 is 1.31 bits per heavy atom. The smallest absolute Gasteiger partial charge is 0.266 e. The van der Waals surface area contributed by atoms with E-state index in [-0.39, 0.29) is 5.91 Å². The molecule has 0 aliphatic carbocycles. The highest BCUT2D eigenvalue weighted by molar-refractivity contribution is 9.26. The van der Waals surface area contributed by atoms with Gasteiger partial charge in [-0.2, -0.15) is 0 Å². The van der Waals surface area contributed by atoms with Crippen LogP contribution < -0.4 is 0 Å². The molecule has 1 saturated heterocycles. The number of hydrogen-bond donors (Lipinski definition) is 0. The number of hydrazine groups is 1. The number of halogens is 2. The van der Waals surface area contributed by atoms with E-state index in [1.165, 1.54) is 7.05 Å². The highest BCUT2D eigenvalue weighted by atomic mass is 79.9. The molecule has 1 aliphatic heterocycles. The Morgan fingerprint density at radius 2 is 1.88 bits per heavy atom. The van der Waals surface area contributed by atoms with Crippen LogP contribution in [0, 0.1) is 4.91 Å². The van der Waals surface area contributed by atoms with E-state index >= 15 is 0 Å². The molecule has 1 amide bonds. The first-order valence-electron chi connectivity index (χ1n) is 4.63. The second kappa shape index (κ2) is 3.92. The summed E-state index contributed by atoms with van der Waals surface area (Å²) in [7, 11) is 1.45. The summed E-state index contributed by atoms with van der Waals surface area (Å²) in [4.78, 5) is 24.4. The van der Waals surface area contributed by atoms with Crippen molar-refractivity contribution in [1.29, 1.82) is 0 Å². The van der Waals surface area contributed by atoms with Crippen LogP contribution in [0.25, 0.3) is 0 Å². The molecule has 0 bridgehead atoms. The Kier molecular flexibility index (Phi) is 2.88. The van der Waals surface area contributed by atoms with Gasteiger partial charge in [0.2, 0.25) is 3.23 Å². The number of amides is 1. The number of hydrogen-bond acceptors (Lipinski definition) is 2. The van der Waals surface area contributed by atoms with Crippen LogP contribution in [0.1, 0.15) is 11.6 Å². The molecule has 0 radical (unpaired) electrons. The topological polar surface area (TPSA) is 40.4 Å². The minimum Gasteiger partial charge on any atom is -0.266 e. The Morgan fingerprint density at radius 3 is 2.31 bits per heavy atom. The van der Waals surface area contributed by atoms with Gasteiger partial charge in [0.15, 0.2) is 0 Å². The first-order valence-corrected chi connectivity index (χ1v) is 6.22. The van der Waals surface area contributed by atoms with Gasteiger partial charge in [-0.1, -0.05) is 67.2 Å². The van der Waals surface area contributed by atoms with E-state index in [9.17, 15) is 9.70 Å². The second-order valence-corrected chi connectivity index (χ2v) is 7.13. The molecule has 16 heavy (non-hydrogen) atoms. The molecule has 6 heteroatoms. The molecule has 1 unspecified atom stereocenters. The quantitative estimate of drug-likeness (QED) is 0.577. The van der Waals surface area contributed by atoms with Gasteiger partial charge in [-0.3, -0.25) is 4.79 Å². The third kappa shape index (κ3) is 1.60. The van der Waals surface area contributed by atoms with Crippen molar-refractivity contribution in [2.24, 2.45) is 0 Å². The fraction of sp³-hybridized carbons (Fsp3) is 0.300. The number of benzene rings is 1. The predicted octanol–water partition coefficient (Wildman–Crippen LogP) is 2.38. The fourth-order valence-electron chi connectivity index (χ4n) is 1.71. The highest BCUT2D eigenvalue weighted by Crippen LogP contribution is 2.47. The molecule has 84 valence electrons. The molecular formula is C10H9Br2N2O2+. The zero-order valence-corrected chi connectivity index (χ0v) is 11.6. The van der Waals surface area contributed by atoms with E-state index in [1.54, 1.807) is 0 Å². The van der Waals surface area contributed by atoms with Crippen molar-refractivity contribution in [3.8, 4) is 0 Å². The van der Waals surface area contributed by atoms with E-state index < -0.39 is 9.28 Å². The van der Waals surface area contributed by atoms with Gasteiger partial charge in [0.05, 0.1) is 12.0 Å². The van der Waals surface area contributed by atoms with Gasteiger partial charge >= 0.3 is 5.91 Å². The molecule has 1 aromatic carbocycles. The normalized spacial score (nSPS) is 23.9. The van der Waals surface area contributed by atoms with Gasteiger partial charge in [-0.25, -0.2) is 0 Å². The Bertz CT molecular complexity index is 447. The lowest BCUT2D eigenvalue weighted by Gasteiger charge is -2.10. The number of carbonyl (C=O) groups is 1. The summed E-state index contributed by atoms with van der Waals surface area (Å²) in [6.07, 6.45) is 0. The first kappa shape index (κ1) is 11.7. The number of nitrogens with zero attached hydrogens (tertiary/aromatic N) is 2. The number of nitroso groups, excluding NO2 is 1. The average Bonchev–Trinajstić information content (AvgIpc) is 2.41. The standard InChI is InChI=1S/C10H9Br2N2O2/c1-13-9(15)10(11,12)8(14(13)16)7-5-3-2-4-6-7/h2-6,8H,1H3/q+1. The lowest BCUT2D eigenvalue weighted by molar-refractivity contribution is -0.700. The molecule has 0 N–H and O–H groups in total. The lowest BCUT2D eigenvalue weighted by atomic mass is 10.1. The molecule has 0 spiro atoms. The third-order valence-electron chi connectivity index (χ3n) is 2.55. The molecule has 2 rings (SSSR count). The highest BCUT2D eigenvalue weighted by Gasteiger charge is 2.64. The molecule has 1 aliphatic rings. The number of alkyl halides is 2. The van der Waals surface area contributed by atoms with Crippen molar-refractivity contribution in [2.75, 3.05) is 7.05 Å². The minimum atomic E-state index is -1.06. The predicted molar refractivity (Wildman–Crippen MR) is 66.2 cm³/mol. The summed E-state index contributed by atoms with van der Waals surface area (Å²) in [5, 5.41) is 1.06. The maximum Gasteiger partial charge on any atom is 0.316 e. The molecule has 0 aromatic heterocycles. The van der Waals surface area contributed by atoms with Crippen molar-refractivity contribution >= 4 is 37.8 Å². The molecule has 1 fully saturated rings. The van der Waals surface area contributed by atoms with E-state index in [2.05, 4.69) is 31.9 Å². The summed E-state index contributed by atoms with van der Waals surface area (Å²) in [5.74, 6) is -0.309. The van der Waals surface area contributed by atoms with Gasteiger partial charge in [-0.15, -0.1) is 0 Å². The lowest BCUT2D eigenvalue weighted by Crippen LogP contribution is -2.30. The van der Waals surface area contributed by atoms with Crippen molar-refractivity contribution in [1.82, 2.24) is 5.01 Å². The van der Waals surface area contributed by atoms with E-state index in [0.29, 0.717) is 4.87 Å². The largest absolute Gasteiger partial charge is 0.316 e. The average molecular weight is 349 g/mol. The maximum atomic E-state index is 11.9. The zero-order chi connectivity index (χ0) is 11.9. The zero-order valence-electron chi connectivity index (χ0n) is 8.43. The van der Waals surface area contributed by atoms with Crippen molar-refractivity contribution in [3.63, 3.8) is 0 Å². The molecule has 1 aromatic rings. The molecule has 4 nitrogen and oxygen atoms in total. The van der Waals surface area contributed by atoms with Crippen LogP contribution in [-0.4, -0.2) is 26.1 Å². The Hall–Kier alpha value is -0.750. The van der Waals surface area contributed by atoms with Crippen LogP contribution in [0.5, 0.6) is 0 Å². The monoisotopic (exact) mass is 347 g/mol.